The SMILES string of the molecule is Cc1ccc(-c2cccc(Br)c2F)c(C(=O)O)c1. The highest BCUT2D eigenvalue weighted by Crippen LogP contribution is 2.30. The van der Waals surface area contributed by atoms with E-state index >= 15 is 0 Å². The van der Waals surface area contributed by atoms with Crippen LogP contribution in [0, 0.1) is 12.7 Å². The zero-order valence-corrected chi connectivity index (χ0v) is 11.2. The highest BCUT2D eigenvalue weighted by Gasteiger charge is 2.16. The highest BCUT2D eigenvalue weighted by atomic mass is 79.9. The third kappa shape index (κ3) is 2.29. The van der Waals surface area contributed by atoms with Gasteiger partial charge in [-0.3, -0.25) is 0 Å². The number of halogens is 2. The number of aromatic carboxylic acids is 1. The Bertz CT molecular complexity index is 623. The van der Waals surface area contributed by atoms with Crippen LogP contribution < -0.4 is 0 Å². The zero-order valence-electron chi connectivity index (χ0n) is 9.58. The summed E-state index contributed by atoms with van der Waals surface area (Å²) in [6.07, 6.45) is 0. The Morgan fingerprint density at radius 2 is 1.94 bits per heavy atom. The molecule has 0 atom stereocenters. The van der Waals surface area contributed by atoms with E-state index in [9.17, 15) is 14.3 Å². The molecule has 0 bridgehead atoms. The van der Waals surface area contributed by atoms with Crippen molar-refractivity contribution in [2.45, 2.75) is 6.92 Å². The van der Waals surface area contributed by atoms with Gasteiger partial charge in [-0.05, 0) is 40.5 Å². The van der Waals surface area contributed by atoms with Gasteiger partial charge in [-0.1, -0.05) is 29.8 Å². The molecule has 92 valence electrons. The summed E-state index contributed by atoms with van der Waals surface area (Å²) < 4.78 is 14.3. The maximum atomic E-state index is 14.0. The molecule has 0 spiro atoms. The molecule has 0 saturated heterocycles. The normalized spacial score (nSPS) is 10.4. The van der Waals surface area contributed by atoms with Crippen LogP contribution in [0.4, 0.5) is 4.39 Å². The number of carboxylic acid groups (broad SMARTS) is 1. The molecule has 0 saturated carbocycles. The second kappa shape index (κ2) is 4.90. The zero-order chi connectivity index (χ0) is 13.3. The Hall–Kier alpha value is -1.68. The van der Waals surface area contributed by atoms with E-state index in [-0.39, 0.29) is 11.1 Å². The van der Waals surface area contributed by atoms with Crippen molar-refractivity contribution in [3.8, 4) is 11.1 Å². The molecule has 0 aromatic heterocycles. The summed E-state index contributed by atoms with van der Waals surface area (Å²) in [7, 11) is 0. The van der Waals surface area contributed by atoms with Gasteiger partial charge in [-0.2, -0.15) is 0 Å². The molecule has 2 aromatic carbocycles. The van der Waals surface area contributed by atoms with Crippen LogP contribution in [0.2, 0.25) is 0 Å². The molecule has 0 aliphatic heterocycles. The Balaban J connectivity index is 2.71. The van der Waals surface area contributed by atoms with Crippen molar-refractivity contribution >= 4 is 21.9 Å². The topological polar surface area (TPSA) is 37.3 Å². The second-order valence-electron chi connectivity index (χ2n) is 3.96. The molecular formula is C14H10BrFO2. The maximum Gasteiger partial charge on any atom is 0.336 e. The number of carbonyl (C=O) groups is 1. The molecule has 0 radical (unpaired) electrons. The van der Waals surface area contributed by atoms with Crippen LogP contribution in [0.25, 0.3) is 11.1 Å². The smallest absolute Gasteiger partial charge is 0.336 e. The fourth-order valence-electron chi connectivity index (χ4n) is 1.78. The van der Waals surface area contributed by atoms with Gasteiger partial charge >= 0.3 is 5.97 Å². The minimum Gasteiger partial charge on any atom is -0.478 e. The lowest BCUT2D eigenvalue weighted by Gasteiger charge is -2.09. The summed E-state index contributed by atoms with van der Waals surface area (Å²) >= 11 is 3.10. The van der Waals surface area contributed by atoms with Crippen LogP contribution in [0.3, 0.4) is 0 Å². The number of hydrogen-bond donors (Lipinski definition) is 1. The molecule has 4 heteroatoms. The monoisotopic (exact) mass is 308 g/mol. The van der Waals surface area contributed by atoms with Crippen LogP contribution >= 0.6 is 15.9 Å². The molecule has 2 aromatic rings. The molecule has 18 heavy (non-hydrogen) atoms. The molecule has 0 fully saturated rings. The van der Waals surface area contributed by atoms with Crippen molar-refractivity contribution < 1.29 is 14.3 Å². The molecule has 0 heterocycles. The number of benzene rings is 2. The Kier molecular flexibility index (Phi) is 3.48. The van der Waals surface area contributed by atoms with Gasteiger partial charge in [0.1, 0.15) is 5.82 Å². The average molecular weight is 309 g/mol. The fourth-order valence-corrected chi connectivity index (χ4v) is 2.15. The van der Waals surface area contributed by atoms with E-state index in [1.165, 1.54) is 6.07 Å². The van der Waals surface area contributed by atoms with Crippen molar-refractivity contribution in [2.75, 3.05) is 0 Å². The number of aryl methyl sites for hydroxylation is 1. The van der Waals surface area contributed by atoms with Crippen LogP contribution in [0.5, 0.6) is 0 Å². The van der Waals surface area contributed by atoms with Crippen LogP contribution in [-0.4, -0.2) is 11.1 Å². The van der Waals surface area contributed by atoms with Gasteiger partial charge in [0.2, 0.25) is 0 Å². The van der Waals surface area contributed by atoms with E-state index in [2.05, 4.69) is 15.9 Å². The first-order chi connectivity index (χ1) is 8.50. The van der Waals surface area contributed by atoms with Gasteiger partial charge in [0.05, 0.1) is 10.0 Å². The number of rotatable bonds is 2. The molecule has 2 nitrogen and oxygen atoms in total. The summed E-state index contributed by atoms with van der Waals surface area (Å²) in [6, 6.07) is 9.75. The predicted molar refractivity (Wildman–Crippen MR) is 71.2 cm³/mol. The molecule has 0 amide bonds. The number of hydrogen-bond acceptors (Lipinski definition) is 1. The second-order valence-corrected chi connectivity index (χ2v) is 4.81. The van der Waals surface area contributed by atoms with Crippen molar-refractivity contribution in [2.24, 2.45) is 0 Å². The van der Waals surface area contributed by atoms with Gasteiger partial charge in [0.25, 0.3) is 0 Å². The van der Waals surface area contributed by atoms with E-state index in [1.54, 1.807) is 37.3 Å². The van der Waals surface area contributed by atoms with Crippen LogP contribution in [0.15, 0.2) is 40.9 Å². The predicted octanol–water partition coefficient (Wildman–Crippen LogP) is 4.26. The van der Waals surface area contributed by atoms with Gasteiger partial charge in [0, 0.05) is 5.56 Å². The maximum absolute atomic E-state index is 14.0. The van der Waals surface area contributed by atoms with E-state index in [0.29, 0.717) is 10.0 Å². The van der Waals surface area contributed by atoms with E-state index in [1.807, 2.05) is 0 Å². The highest BCUT2D eigenvalue weighted by molar-refractivity contribution is 9.10. The van der Waals surface area contributed by atoms with Gasteiger partial charge in [-0.15, -0.1) is 0 Å². The molecule has 0 unspecified atom stereocenters. The summed E-state index contributed by atoms with van der Waals surface area (Å²) in [4.78, 5) is 11.2. The molecule has 0 aliphatic carbocycles. The van der Waals surface area contributed by atoms with Gasteiger partial charge < -0.3 is 5.11 Å². The Labute approximate surface area is 112 Å². The third-order valence-electron chi connectivity index (χ3n) is 2.65. The standard InChI is InChI=1S/C14H10BrFO2/c1-8-5-6-9(11(7-8)14(17)18)10-3-2-4-12(15)13(10)16/h2-7H,1H3,(H,17,18). The van der Waals surface area contributed by atoms with Crippen LogP contribution in [-0.2, 0) is 0 Å². The lowest BCUT2D eigenvalue weighted by molar-refractivity contribution is 0.0697. The lowest BCUT2D eigenvalue weighted by atomic mass is 9.97. The van der Waals surface area contributed by atoms with Crippen molar-refractivity contribution in [1.82, 2.24) is 0 Å². The van der Waals surface area contributed by atoms with Crippen molar-refractivity contribution in [1.29, 1.82) is 0 Å². The van der Waals surface area contributed by atoms with Gasteiger partial charge in [-0.25, -0.2) is 9.18 Å². The first-order valence-electron chi connectivity index (χ1n) is 5.29. The van der Waals surface area contributed by atoms with Crippen molar-refractivity contribution in [3.63, 3.8) is 0 Å². The molecule has 1 N–H and O–H groups in total. The summed E-state index contributed by atoms with van der Waals surface area (Å²) in [6.45, 7) is 1.80. The minimum atomic E-state index is -1.06. The average Bonchev–Trinajstić information content (AvgIpc) is 2.33. The lowest BCUT2D eigenvalue weighted by Crippen LogP contribution is -2.01. The summed E-state index contributed by atoms with van der Waals surface area (Å²) in [5, 5.41) is 9.18. The third-order valence-corrected chi connectivity index (χ3v) is 3.26. The molecule has 2 rings (SSSR count). The summed E-state index contributed by atoms with van der Waals surface area (Å²) in [5.41, 5.74) is 1.59. The first kappa shape index (κ1) is 12.8. The van der Waals surface area contributed by atoms with E-state index < -0.39 is 11.8 Å². The van der Waals surface area contributed by atoms with Gasteiger partial charge in [0.15, 0.2) is 0 Å². The van der Waals surface area contributed by atoms with E-state index in [0.717, 1.165) is 5.56 Å². The first-order valence-corrected chi connectivity index (χ1v) is 6.08. The molecular weight excluding hydrogens is 299 g/mol. The Morgan fingerprint density at radius 3 is 2.61 bits per heavy atom. The van der Waals surface area contributed by atoms with Crippen molar-refractivity contribution in [3.05, 3.63) is 57.8 Å². The van der Waals surface area contributed by atoms with E-state index in [4.69, 9.17) is 0 Å². The minimum absolute atomic E-state index is 0.104. The fraction of sp³-hybridized carbons (Fsp3) is 0.0714. The summed E-state index contributed by atoms with van der Waals surface area (Å²) in [5.74, 6) is -1.52. The quantitative estimate of drug-likeness (QED) is 0.900. The molecule has 0 aliphatic rings. The Morgan fingerprint density at radius 1 is 1.22 bits per heavy atom. The number of carboxylic acids is 1. The largest absolute Gasteiger partial charge is 0.478 e. The van der Waals surface area contributed by atoms with Crippen LogP contribution in [0.1, 0.15) is 15.9 Å².